The zero-order valence-corrected chi connectivity index (χ0v) is 22.7. The number of carbonyl (C=O) groups is 1. The van der Waals surface area contributed by atoms with Gasteiger partial charge >= 0.3 is 0 Å². The number of benzene rings is 1. The van der Waals surface area contributed by atoms with Gasteiger partial charge in [0.15, 0.2) is 5.69 Å². The molecule has 1 amide bonds. The third kappa shape index (κ3) is 6.18. The van der Waals surface area contributed by atoms with Crippen LogP contribution in [0.25, 0.3) is 22.0 Å². The van der Waals surface area contributed by atoms with Crippen molar-refractivity contribution in [2.24, 2.45) is 0 Å². The van der Waals surface area contributed by atoms with Crippen LogP contribution < -0.4 is 14.8 Å². The van der Waals surface area contributed by atoms with Gasteiger partial charge in [-0.15, -0.1) is 0 Å². The number of fused-ring (bicyclic) bond motifs is 1. The third-order valence-corrected chi connectivity index (χ3v) is 7.03. The summed E-state index contributed by atoms with van der Waals surface area (Å²) in [5.74, 6) is -1.71. The Labute approximate surface area is 239 Å². The van der Waals surface area contributed by atoms with Gasteiger partial charge < -0.3 is 14.8 Å². The summed E-state index contributed by atoms with van der Waals surface area (Å²) in [6.07, 6.45) is 6.30. The highest BCUT2D eigenvalue weighted by Crippen LogP contribution is 2.30. The number of rotatable bonds is 8. The number of ether oxygens (including phenoxy) is 2. The molecule has 0 bridgehead atoms. The zero-order valence-electron chi connectivity index (χ0n) is 22.7. The molecule has 4 aromatic heterocycles. The predicted molar refractivity (Wildman–Crippen MR) is 152 cm³/mol. The minimum absolute atomic E-state index is 0.128. The lowest BCUT2D eigenvalue weighted by Gasteiger charge is -2.31. The van der Waals surface area contributed by atoms with Gasteiger partial charge in [0.2, 0.25) is 11.8 Å². The lowest BCUT2D eigenvalue weighted by molar-refractivity contribution is -0.0566. The molecular weight excluding hydrogens is 544 g/mol. The number of likely N-dealkylation sites (tertiary alicyclic amines) is 1. The van der Waals surface area contributed by atoms with Crippen molar-refractivity contribution < 1.29 is 23.0 Å². The van der Waals surface area contributed by atoms with Crippen LogP contribution in [0.3, 0.4) is 0 Å². The topological polar surface area (TPSA) is 118 Å². The summed E-state index contributed by atoms with van der Waals surface area (Å²) in [6, 6.07) is 14.3. The highest BCUT2D eigenvalue weighted by Gasteiger charge is 2.33. The predicted octanol–water partition coefficient (Wildman–Crippen LogP) is 5.70. The number of methoxy groups -OCH3 is 1. The molecular formula is C30H27F2N7O3. The molecule has 12 heteroatoms. The Kier molecular flexibility index (Phi) is 7.44. The first kappa shape index (κ1) is 27.2. The average molecular weight is 572 g/mol. The van der Waals surface area contributed by atoms with Crippen molar-refractivity contribution in [3.63, 3.8) is 0 Å². The molecule has 0 atom stereocenters. The molecule has 1 fully saturated rings. The molecule has 1 aliphatic rings. The molecule has 1 saturated heterocycles. The van der Waals surface area contributed by atoms with E-state index in [-0.39, 0.29) is 18.5 Å². The summed E-state index contributed by atoms with van der Waals surface area (Å²) in [6.45, 7) is 1.25. The standard InChI is InChI=1S/C30H27F2N7O3/c1-41-27-14-23(6-9-34-27)42-26-5-3-22(17-35-26)36-29(40)28-24-13-20(2-4-25(24)37-38-28)21-12-19(15-33-16-21)18-39-10-7-30(31,32)8-11-39/h2-6,9,12-17H,7-8,10-11,18H2,1H3,(H,36,40)(H,37,38). The second-order valence-electron chi connectivity index (χ2n) is 10.0. The van der Waals surface area contributed by atoms with E-state index in [4.69, 9.17) is 9.47 Å². The minimum Gasteiger partial charge on any atom is -0.481 e. The SMILES string of the molecule is COc1cc(Oc2ccc(NC(=O)c3n[nH]c4ccc(-c5cncc(CN6CCC(F)(F)CC6)c5)cc34)cn2)ccn1. The summed E-state index contributed by atoms with van der Waals surface area (Å²) in [5.41, 5.74) is 4.06. The first-order valence-electron chi connectivity index (χ1n) is 13.3. The zero-order chi connectivity index (χ0) is 29.1. The second kappa shape index (κ2) is 11.5. The van der Waals surface area contributed by atoms with Crippen LogP contribution in [0.1, 0.15) is 28.9 Å². The normalized spacial score (nSPS) is 14.9. The molecule has 1 aromatic carbocycles. The van der Waals surface area contributed by atoms with Crippen molar-refractivity contribution in [1.29, 1.82) is 0 Å². The average Bonchev–Trinajstić information content (AvgIpc) is 3.43. The van der Waals surface area contributed by atoms with E-state index in [0.717, 1.165) is 16.7 Å². The Morgan fingerprint density at radius 2 is 1.86 bits per heavy atom. The van der Waals surface area contributed by atoms with Crippen molar-refractivity contribution >= 4 is 22.5 Å². The highest BCUT2D eigenvalue weighted by molar-refractivity contribution is 6.11. The molecule has 42 heavy (non-hydrogen) atoms. The maximum atomic E-state index is 13.5. The Morgan fingerprint density at radius 3 is 2.64 bits per heavy atom. The molecule has 1 aliphatic heterocycles. The van der Waals surface area contributed by atoms with Gasteiger partial charge in [-0.3, -0.25) is 19.8 Å². The van der Waals surface area contributed by atoms with E-state index < -0.39 is 11.8 Å². The van der Waals surface area contributed by atoms with Gasteiger partial charge in [-0.25, -0.2) is 18.7 Å². The van der Waals surface area contributed by atoms with Crippen LogP contribution >= 0.6 is 0 Å². The molecule has 0 spiro atoms. The molecule has 0 aliphatic carbocycles. The van der Waals surface area contributed by atoms with Crippen molar-refractivity contribution in [3.8, 4) is 28.6 Å². The van der Waals surface area contributed by atoms with E-state index in [9.17, 15) is 13.6 Å². The van der Waals surface area contributed by atoms with Gasteiger partial charge in [0, 0.05) is 74.1 Å². The number of nitrogens with zero attached hydrogens (tertiary/aromatic N) is 5. The van der Waals surface area contributed by atoms with Crippen LogP contribution in [0.5, 0.6) is 17.5 Å². The fourth-order valence-corrected chi connectivity index (χ4v) is 4.79. The lowest BCUT2D eigenvalue weighted by Crippen LogP contribution is -2.38. The molecule has 0 saturated carbocycles. The van der Waals surface area contributed by atoms with Crippen LogP contribution in [-0.2, 0) is 6.54 Å². The van der Waals surface area contributed by atoms with Crippen LogP contribution in [0, 0.1) is 0 Å². The summed E-state index contributed by atoms with van der Waals surface area (Å²) in [4.78, 5) is 27.9. The summed E-state index contributed by atoms with van der Waals surface area (Å²) in [5, 5.41) is 10.6. The van der Waals surface area contributed by atoms with E-state index in [1.54, 1.807) is 42.9 Å². The van der Waals surface area contributed by atoms with Crippen LogP contribution in [-0.4, -0.2) is 62.1 Å². The fourth-order valence-electron chi connectivity index (χ4n) is 4.79. The number of aromatic amines is 1. The number of nitrogens with one attached hydrogen (secondary N) is 2. The number of pyridine rings is 3. The molecule has 5 aromatic rings. The van der Waals surface area contributed by atoms with Crippen LogP contribution in [0.15, 0.2) is 73.3 Å². The van der Waals surface area contributed by atoms with Gasteiger partial charge in [0.25, 0.3) is 11.8 Å². The smallest absolute Gasteiger partial charge is 0.276 e. The lowest BCUT2D eigenvalue weighted by atomic mass is 10.0. The number of alkyl halides is 2. The third-order valence-electron chi connectivity index (χ3n) is 7.03. The first-order chi connectivity index (χ1) is 20.3. The Morgan fingerprint density at radius 1 is 1.00 bits per heavy atom. The summed E-state index contributed by atoms with van der Waals surface area (Å²) >= 11 is 0. The Hall–Kier alpha value is -4.97. The number of halogens is 2. The van der Waals surface area contributed by atoms with E-state index in [2.05, 4.69) is 30.5 Å². The minimum atomic E-state index is -2.58. The molecule has 2 N–H and O–H groups in total. The number of aromatic nitrogens is 5. The number of carbonyl (C=O) groups excluding carboxylic acids is 1. The highest BCUT2D eigenvalue weighted by atomic mass is 19.3. The largest absolute Gasteiger partial charge is 0.481 e. The van der Waals surface area contributed by atoms with Gasteiger partial charge in [0.1, 0.15) is 5.75 Å². The monoisotopic (exact) mass is 571 g/mol. The van der Waals surface area contributed by atoms with Crippen molar-refractivity contribution in [2.45, 2.75) is 25.3 Å². The van der Waals surface area contributed by atoms with E-state index in [1.807, 2.05) is 29.2 Å². The quantitative estimate of drug-likeness (QED) is 0.244. The van der Waals surface area contributed by atoms with Gasteiger partial charge in [-0.1, -0.05) is 6.07 Å². The summed E-state index contributed by atoms with van der Waals surface area (Å²) < 4.78 is 37.9. The summed E-state index contributed by atoms with van der Waals surface area (Å²) in [7, 11) is 1.52. The molecule has 0 unspecified atom stereocenters. The Bertz CT molecular complexity index is 1720. The van der Waals surface area contributed by atoms with Crippen LogP contribution in [0.4, 0.5) is 14.5 Å². The number of piperidine rings is 1. The molecule has 0 radical (unpaired) electrons. The fraction of sp³-hybridized carbons (Fsp3) is 0.233. The van der Waals surface area contributed by atoms with Gasteiger partial charge in [-0.05, 0) is 41.5 Å². The Balaban J connectivity index is 1.15. The molecule has 10 nitrogen and oxygen atoms in total. The molecule has 214 valence electrons. The maximum absolute atomic E-state index is 13.5. The van der Waals surface area contributed by atoms with Crippen molar-refractivity contribution in [2.75, 3.05) is 25.5 Å². The van der Waals surface area contributed by atoms with Crippen molar-refractivity contribution in [3.05, 3.63) is 84.6 Å². The van der Waals surface area contributed by atoms with E-state index >= 15 is 0 Å². The van der Waals surface area contributed by atoms with Gasteiger partial charge in [0.05, 0.1) is 24.5 Å². The second-order valence-corrected chi connectivity index (χ2v) is 10.0. The molecule has 6 rings (SSSR count). The van der Waals surface area contributed by atoms with E-state index in [1.165, 1.54) is 13.3 Å². The molecule has 5 heterocycles. The van der Waals surface area contributed by atoms with Crippen molar-refractivity contribution in [1.82, 2.24) is 30.0 Å². The van der Waals surface area contributed by atoms with E-state index in [0.29, 0.717) is 53.7 Å². The van der Waals surface area contributed by atoms with Gasteiger partial charge in [-0.2, -0.15) is 5.10 Å². The number of amides is 1. The number of H-pyrrole nitrogens is 1. The number of hydrogen-bond donors (Lipinski definition) is 2. The number of anilines is 1. The maximum Gasteiger partial charge on any atom is 0.276 e. The first-order valence-corrected chi connectivity index (χ1v) is 13.3. The van der Waals surface area contributed by atoms with Crippen LogP contribution in [0.2, 0.25) is 0 Å². The number of hydrogen-bond acceptors (Lipinski definition) is 8.